The Kier molecular flexibility index (Phi) is 2.70. The third-order valence-electron chi connectivity index (χ3n) is 1.79. The van der Waals surface area contributed by atoms with Crippen molar-refractivity contribution < 1.29 is 8.78 Å². The summed E-state index contributed by atoms with van der Waals surface area (Å²) >= 11 is 4.87. The number of fused-ring (bicyclic) bond motifs is 1. The molecule has 2 rings (SSSR count). The molecule has 0 N–H and O–H groups in total. The fourth-order valence-corrected chi connectivity index (χ4v) is 1.93. The molecule has 1 nitrogen and oxygen atoms in total. The van der Waals surface area contributed by atoms with Crippen LogP contribution in [-0.4, -0.2) is 4.98 Å². The molecular formula is C9H3BrF2IN. The summed E-state index contributed by atoms with van der Waals surface area (Å²) < 4.78 is 27.3. The maximum atomic E-state index is 13.5. The number of aromatic nitrogens is 1. The second kappa shape index (κ2) is 3.69. The van der Waals surface area contributed by atoms with Crippen LogP contribution in [0, 0.1) is 15.2 Å². The lowest BCUT2D eigenvalue weighted by atomic mass is 10.2. The van der Waals surface area contributed by atoms with Crippen LogP contribution in [0.2, 0.25) is 0 Å². The molecular weight excluding hydrogens is 367 g/mol. The minimum absolute atomic E-state index is 0.145. The number of benzene rings is 1. The van der Waals surface area contributed by atoms with Gasteiger partial charge in [-0.2, -0.15) is 0 Å². The van der Waals surface area contributed by atoms with Crippen LogP contribution in [0.25, 0.3) is 10.9 Å². The summed E-state index contributed by atoms with van der Waals surface area (Å²) in [6.07, 6.45) is 1.57. The molecule has 0 saturated heterocycles. The molecule has 1 aromatic carbocycles. The van der Waals surface area contributed by atoms with E-state index in [2.05, 4.69) is 20.9 Å². The summed E-state index contributed by atoms with van der Waals surface area (Å²) in [6.45, 7) is 0. The zero-order valence-electron chi connectivity index (χ0n) is 6.69. The van der Waals surface area contributed by atoms with Crippen molar-refractivity contribution in [3.8, 4) is 0 Å². The molecule has 0 unspecified atom stereocenters. The lowest BCUT2D eigenvalue weighted by Gasteiger charge is -2.02. The predicted octanol–water partition coefficient (Wildman–Crippen LogP) is 3.88. The first-order valence-corrected chi connectivity index (χ1v) is 5.55. The minimum atomic E-state index is -0.635. The van der Waals surface area contributed by atoms with Crippen LogP contribution < -0.4 is 0 Å². The summed E-state index contributed by atoms with van der Waals surface area (Å²) in [7, 11) is 0. The topological polar surface area (TPSA) is 12.9 Å². The molecule has 72 valence electrons. The van der Waals surface area contributed by atoms with Gasteiger partial charge in [-0.15, -0.1) is 0 Å². The molecule has 0 fully saturated rings. The van der Waals surface area contributed by atoms with Gasteiger partial charge in [0, 0.05) is 21.2 Å². The van der Waals surface area contributed by atoms with Gasteiger partial charge in [-0.05, 0) is 44.6 Å². The SMILES string of the molecule is Fc1cc2ncc(I)cc2c(F)c1Br. The van der Waals surface area contributed by atoms with Crippen LogP contribution in [-0.2, 0) is 0 Å². The first-order chi connectivity index (χ1) is 6.59. The van der Waals surface area contributed by atoms with Crippen molar-refractivity contribution in [1.29, 1.82) is 0 Å². The number of rotatable bonds is 0. The Balaban J connectivity index is 2.92. The molecule has 1 aromatic heterocycles. The van der Waals surface area contributed by atoms with Crippen LogP contribution in [0.5, 0.6) is 0 Å². The van der Waals surface area contributed by atoms with Crippen molar-refractivity contribution in [1.82, 2.24) is 4.98 Å². The van der Waals surface area contributed by atoms with Gasteiger partial charge in [0.15, 0.2) is 0 Å². The first kappa shape index (κ1) is 10.2. The van der Waals surface area contributed by atoms with E-state index in [1.807, 2.05) is 22.6 Å². The monoisotopic (exact) mass is 369 g/mol. The second-order valence-corrected chi connectivity index (χ2v) is 4.75. The normalized spacial score (nSPS) is 10.9. The highest BCUT2D eigenvalue weighted by Crippen LogP contribution is 2.27. The molecule has 5 heteroatoms. The van der Waals surface area contributed by atoms with Crippen molar-refractivity contribution in [2.24, 2.45) is 0 Å². The molecule has 0 atom stereocenters. The summed E-state index contributed by atoms with van der Waals surface area (Å²) in [5.41, 5.74) is 0.323. The van der Waals surface area contributed by atoms with Gasteiger partial charge in [0.2, 0.25) is 0 Å². The van der Waals surface area contributed by atoms with Crippen molar-refractivity contribution in [3.63, 3.8) is 0 Å². The highest BCUT2D eigenvalue weighted by Gasteiger charge is 2.11. The Labute approximate surface area is 101 Å². The van der Waals surface area contributed by atoms with E-state index in [0.29, 0.717) is 10.9 Å². The van der Waals surface area contributed by atoms with Gasteiger partial charge in [-0.25, -0.2) is 8.78 Å². The number of pyridine rings is 1. The molecule has 1 heterocycles. The van der Waals surface area contributed by atoms with Gasteiger partial charge in [0.05, 0.1) is 9.99 Å². The largest absolute Gasteiger partial charge is 0.255 e. The molecule has 0 bridgehead atoms. The van der Waals surface area contributed by atoms with E-state index in [4.69, 9.17) is 0 Å². The molecule has 2 aromatic rings. The molecule has 0 aliphatic heterocycles. The van der Waals surface area contributed by atoms with Crippen molar-refractivity contribution >= 4 is 49.4 Å². The summed E-state index contributed by atoms with van der Waals surface area (Å²) in [5.74, 6) is -1.24. The lowest BCUT2D eigenvalue weighted by molar-refractivity contribution is 0.580. The van der Waals surface area contributed by atoms with Gasteiger partial charge in [-0.3, -0.25) is 4.98 Å². The maximum Gasteiger partial charge on any atom is 0.149 e. The molecule has 14 heavy (non-hydrogen) atoms. The number of hydrogen-bond acceptors (Lipinski definition) is 1. The van der Waals surface area contributed by atoms with Crippen molar-refractivity contribution in [2.75, 3.05) is 0 Å². The molecule has 0 aliphatic rings. The van der Waals surface area contributed by atoms with Crippen LogP contribution in [0.15, 0.2) is 22.8 Å². The third kappa shape index (κ3) is 1.63. The number of nitrogens with zero attached hydrogens (tertiary/aromatic N) is 1. The fraction of sp³-hybridized carbons (Fsp3) is 0. The van der Waals surface area contributed by atoms with Gasteiger partial charge in [0.25, 0.3) is 0 Å². The van der Waals surface area contributed by atoms with E-state index in [0.717, 1.165) is 3.57 Å². The van der Waals surface area contributed by atoms with Gasteiger partial charge in [0.1, 0.15) is 11.6 Å². The van der Waals surface area contributed by atoms with Crippen molar-refractivity contribution in [3.05, 3.63) is 38.0 Å². The van der Waals surface area contributed by atoms with Crippen LogP contribution >= 0.6 is 38.5 Å². The maximum absolute atomic E-state index is 13.5. The van der Waals surface area contributed by atoms with Gasteiger partial charge in [-0.1, -0.05) is 0 Å². The lowest BCUT2D eigenvalue weighted by Crippen LogP contribution is -1.90. The summed E-state index contributed by atoms with van der Waals surface area (Å²) in [5, 5.41) is 0.324. The molecule has 0 radical (unpaired) electrons. The highest BCUT2D eigenvalue weighted by molar-refractivity contribution is 14.1. The predicted molar refractivity (Wildman–Crippen MR) is 62.1 cm³/mol. The van der Waals surface area contributed by atoms with E-state index >= 15 is 0 Å². The summed E-state index contributed by atoms with van der Waals surface area (Å²) in [6, 6.07) is 2.83. The quantitative estimate of drug-likeness (QED) is 0.507. The van der Waals surface area contributed by atoms with E-state index in [9.17, 15) is 8.78 Å². The molecule has 0 spiro atoms. The van der Waals surface area contributed by atoms with Crippen LogP contribution in [0.4, 0.5) is 8.78 Å². The average Bonchev–Trinajstić information content (AvgIpc) is 2.16. The summed E-state index contributed by atoms with van der Waals surface area (Å²) in [4.78, 5) is 3.94. The standard InChI is InChI=1S/C9H3BrF2IN/c10-8-6(11)2-7-5(9(8)12)1-4(13)3-14-7/h1-3H. The highest BCUT2D eigenvalue weighted by atomic mass is 127. The molecule has 0 amide bonds. The fourth-order valence-electron chi connectivity index (χ4n) is 1.15. The Bertz CT molecular complexity index is 516. The second-order valence-electron chi connectivity index (χ2n) is 2.71. The Morgan fingerprint density at radius 3 is 2.71 bits per heavy atom. The minimum Gasteiger partial charge on any atom is -0.255 e. The van der Waals surface area contributed by atoms with E-state index in [1.165, 1.54) is 6.07 Å². The van der Waals surface area contributed by atoms with E-state index in [-0.39, 0.29) is 4.47 Å². The van der Waals surface area contributed by atoms with E-state index < -0.39 is 11.6 Å². The Morgan fingerprint density at radius 2 is 2.00 bits per heavy atom. The van der Waals surface area contributed by atoms with Gasteiger partial charge < -0.3 is 0 Å². The number of hydrogen-bond donors (Lipinski definition) is 0. The Hall–Kier alpha value is -0.300. The van der Waals surface area contributed by atoms with Crippen molar-refractivity contribution in [2.45, 2.75) is 0 Å². The average molecular weight is 370 g/mol. The Morgan fingerprint density at radius 1 is 1.29 bits per heavy atom. The first-order valence-electron chi connectivity index (χ1n) is 3.68. The third-order valence-corrected chi connectivity index (χ3v) is 3.10. The zero-order valence-corrected chi connectivity index (χ0v) is 10.4. The van der Waals surface area contributed by atoms with Gasteiger partial charge >= 0.3 is 0 Å². The van der Waals surface area contributed by atoms with Crippen LogP contribution in [0.3, 0.4) is 0 Å². The molecule has 0 aliphatic carbocycles. The van der Waals surface area contributed by atoms with Crippen LogP contribution in [0.1, 0.15) is 0 Å². The van der Waals surface area contributed by atoms with E-state index in [1.54, 1.807) is 12.3 Å². The molecule has 0 saturated carbocycles. The number of halogens is 4. The smallest absolute Gasteiger partial charge is 0.149 e. The zero-order chi connectivity index (χ0) is 10.3.